The summed E-state index contributed by atoms with van der Waals surface area (Å²) in [5, 5.41) is 35.1. The second kappa shape index (κ2) is 19.8. The fourth-order valence-electron chi connectivity index (χ4n) is 9.09. The maximum absolute atomic E-state index is 13.0. The molecule has 2 aliphatic carbocycles. The molecule has 2 fully saturated rings. The number of carbonyl (C=O) groups excluding carboxylic acids is 2. The van der Waals surface area contributed by atoms with Crippen molar-refractivity contribution in [1.29, 1.82) is 0 Å². The van der Waals surface area contributed by atoms with E-state index in [1.54, 1.807) is 12.4 Å². The Labute approximate surface area is 373 Å². The SMILES string of the molecule is O=C(N[C@H]1CCCC[C@@H]1O)[C@@H]1CN(Cc2ccc(-n3cccn3)cc2)c2ccccc2O1.O=C(N[C@H]1CCCC[C@@H]1O)[C@H]1CN(Cc2ccc(-n3cccn3)cc2)c2ccccc2O1. The molecule has 4 N–H and O–H groups in total. The third-order valence-corrected chi connectivity index (χ3v) is 12.6. The summed E-state index contributed by atoms with van der Waals surface area (Å²) in [6.07, 6.45) is 12.3. The molecule has 0 unspecified atom stereocenters. The van der Waals surface area contributed by atoms with Crippen molar-refractivity contribution in [1.82, 2.24) is 30.2 Å². The number of fused-ring (bicyclic) bond motifs is 2. The normalized spacial score (nSPS) is 22.7. The largest absolute Gasteiger partial charge is 0.477 e. The van der Waals surface area contributed by atoms with Crippen molar-refractivity contribution in [3.05, 3.63) is 145 Å². The quantitative estimate of drug-likeness (QED) is 0.127. The minimum Gasteiger partial charge on any atom is -0.477 e. The molecule has 332 valence electrons. The van der Waals surface area contributed by atoms with Crippen LogP contribution in [0.4, 0.5) is 11.4 Å². The molecule has 0 saturated heterocycles. The number of amides is 2. The highest BCUT2D eigenvalue weighted by molar-refractivity contribution is 5.84. The number of aromatic nitrogens is 4. The van der Waals surface area contributed by atoms with Crippen LogP contribution in [0.2, 0.25) is 0 Å². The fourth-order valence-corrected chi connectivity index (χ4v) is 9.09. The number of nitrogens with zero attached hydrogens (tertiary/aromatic N) is 6. The van der Waals surface area contributed by atoms with Crippen molar-refractivity contribution in [2.75, 3.05) is 22.9 Å². The van der Waals surface area contributed by atoms with Crippen molar-refractivity contribution in [3.63, 3.8) is 0 Å². The second-order valence-corrected chi connectivity index (χ2v) is 17.1. The molecule has 6 atom stereocenters. The number of ether oxygens (including phenoxy) is 2. The van der Waals surface area contributed by atoms with Gasteiger partial charge in [-0.3, -0.25) is 9.59 Å². The van der Waals surface area contributed by atoms with Crippen molar-refractivity contribution < 1.29 is 29.3 Å². The first kappa shape index (κ1) is 42.7. The summed E-state index contributed by atoms with van der Waals surface area (Å²) in [4.78, 5) is 30.4. The molecule has 2 saturated carbocycles. The van der Waals surface area contributed by atoms with Crippen LogP contribution in [0.15, 0.2) is 134 Å². The molecule has 0 radical (unpaired) electrons. The van der Waals surface area contributed by atoms with E-state index in [4.69, 9.17) is 9.47 Å². The Hall–Kier alpha value is -6.64. The predicted molar refractivity (Wildman–Crippen MR) is 244 cm³/mol. The van der Waals surface area contributed by atoms with E-state index in [9.17, 15) is 19.8 Å². The Morgan fingerprint density at radius 1 is 0.547 bits per heavy atom. The summed E-state index contributed by atoms with van der Waals surface area (Å²) in [6.45, 7) is 2.23. The Morgan fingerprint density at radius 3 is 1.34 bits per heavy atom. The van der Waals surface area contributed by atoms with Crippen LogP contribution in [0, 0.1) is 0 Å². The molecule has 6 aromatic rings. The minimum atomic E-state index is -0.623. The standard InChI is InChI=1S/2C25H28N4O3/c2*30-22-8-3-1-6-20(22)27-25(31)24-17-28(21-7-2-4-9-23(21)32-24)16-18-10-12-19(13-11-18)29-15-5-14-26-29/h2*2,4-5,7,9-15,20,22,24,30H,1,3,6,8,16-17H2,(H,27,31)/t20-,22-,24+;20-,22-,24-/m00/s1. The number of nitrogens with one attached hydrogen (secondary N) is 2. The maximum atomic E-state index is 13.0. The molecular weight excluding hydrogens is 809 g/mol. The first-order valence-electron chi connectivity index (χ1n) is 22.5. The van der Waals surface area contributed by atoms with Crippen LogP contribution in [0.5, 0.6) is 11.5 Å². The maximum Gasteiger partial charge on any atom is 0.263 e. The van der Waals surface area contributed by atoms with Gasteiger partial charge >= 0.3 is 0 Å². The van der Waals surface area contributed by atoms with Crippen LogP contribution < -0.4 is 29.9 Å². The number of anilines is 2. The van der Waals surface area contributed by atoms with Crippen LogP contribution in [0.3, 0.4) is 0 Å². The zero-order valence-corrected chi connectivity index (χ0v) is 35.9. The van der Waals surface area contributed by atoms with Gasteiger partial charge in [-0.1, -0.05) is 74.2 Å². The number of benzene rings is 4. The summed E-state index contributed by atoms with van der Waals surface area (Å²) >= 11 is 0. The topological polar surface area (TPSA) is 159 Å². The monoisotopic (exact) mass is 864 g/mol. The molecule has 2 aromatic heterocycles. The molecular formula is C50H56N8O6. The third kappa shape index (κ3) is 10.1. The molecule has 0 spiro atoms. The van der Waals surface area contributed by atoms with Gasteiger partial charge in [0, 0.05) is 37.9 Å². The van der Waals surface area contributed by atoms with E-state index in [-0.39, 0.29) is 23.9 Å². The zero-order valence-electron chi connectivity index (χ0n) is 35.9. The lowest BCUT2D eigenvalue weighted by molar-refractivity contribution is -0.130. The highest BCUT2D eigenvalue weighted by atomic mass is 16.5. The first-order chi connectivity index (χ1) is 31.3. The summed E-state index contributed by atoms with van der Waals surface area (Å²) in [5.41, 5.74) is 6.24. The summed E-state index contributed by atoms with van der Waals surface area (Å²) in [6, 6.07) is 35.6. The van der Waals surface area contributed by atoms with Gasteiger partial charge in [0.1, 0.15) is 11.5 Å². The van der Waals surface area contributed by atoms with Crippen molar-refractivity contribution >= 4 is 23.2 Å². The van der Waals surface area contributed by atoms with E-state index in [1.165, 1.54) is 0 Å². The lowest BCUT2D eigenvalue weighted by Crippen LogP contribution is -2.54. The van der Waals surface area contributed by atoms with E-state index in [0.29, 0.717) is 37.7 Å². The molecule has 14 heteroatoms. The molecule has 64 heavy (non-hydrogen) atoms. The van der Waals surface area contributed by atoms with E-state index < -0.39 is 24.4 Å². The Morgan fingerprint density at radius 2 is 0.953 bits per heavy atom. The Kier molecular flexibility index (Phi) is 13.2. The van der Waals surface area contributed by atoms with Gasteiger partial charge in [0.2, 0.25) is 0 Å². The van der Waals surface area contributed by atoms with Gasteiger partial charge in [0.15, 0.2) is 12.2 Å². The second-order valence-electron chi connectivity index (χ2n) is 17.1. The number of carbonyl (C=O) groups is 2. The van der Waals surface area contributed by atoms with Gasteiger partial charge in [0.05, 0.1) is 60.1 Å². The van der Waals surface area contributed by atoms with Crippen molar-refractivity contribution in [2.45, 2.75) is 101 Å². The first-order valence-corrected chi connectivity index (χ1v) is 22.5. The van der Waals surface area contributed by atoms with Crippen LogP contribution >= 0.6 is 0 Å². The average molecular weight is 865 g/mol. The van der Waals surface area contributed by atoms with Gasteiger partial charge in [-0.2, -0.15) is 10.2 Å². The molecule has 2 amide bonds. The lowest BCUT2D eigenvalue weighted by atomic mass is 9.92. The van der Waals surface area contributed by atoms with E-state index in [2.05, 4.69) is 54.9 Å². The van der Waals surface area contributed by atoms with Gasteiger partial charge < -0.3 is 40.1 Å². The van der Waals surface area contributed by atoms with Crippen LogP contribution in [0.25, 0.3) is 11.4 Å². The molecule has 2 aliphatic heterocycles. The van der Waals surface area contributed by atoms with Crippen molar-refractivity contribution in [3.8, 4) is 22.9 Å². The number of hydrogen-bond acceptors (Lipinski definition) is 10. The molecule has 4 aliphatic rings. The van der Waals surface area contributed by atoms with E-state index >= 15 is 0 Å². The van der Waals surface area contributed by atoms with Crippen LogP contribution in [0.1, 0.15) is 62.5 Å². The minimum absolute atomic E-state index is 0.163. The number of para-hydroxylation sites is 4. The highest BCUT2D eigenvalue weighted by Crippen LogP contribution is 2.36. The Bertz CT molecular complexity index is 2270. The molecule has 0 bridgehead atoms. The van der Waals surface area contributed by atoms with Gasteiger partial charge in [-0.25, -0.2) is 9.36 Å². The lowest BCUT2D eigenvalue weighted by Gasteiger charge is -2.37. The Balaban J connectivity index is 0.000000162. The predicted octanol–water partition coefficient (Wildman–Crippen LogP) is 6.12. The zero-order chi connectivity index (χ0) is 43.8. The number of aliphatic hydroxyl groups is 2. The van der Waals surface area contributed by atoms with Crippen LogP contribution in [-0.2, 0) is 22.7 Å². The molecule has 4 aromatic carbocycles. The number of rotatable bonds is 10. The number of hydrogen-bond donors (Lipinski definition) is 4. The smallest absolute Gasteiger partial charge is 0.263 e. The molecule has 10 rings (SSSR count). The third-order valence-electron chi connectivity index (χ3n) is 12.6. The van der Waals surface area contributed by atoms with Crippen molar-refractivity contribution in [2.24, 2.45) is 0 Å². The average Bonchev–Trinajstić information content (AvgIpc) is 4.08. The summed E-state index contributed by atoms with van der Waals surface area (Å²) in [5.74, 6) is 1.08. The van der Waals surface area contributed by atoms with E-state index in [1.807, 2.05) is 107 Å². The fraction of sp³-hybridized carbons (Fsp3) is 0.360. The summed E-state index contributed by atoms with van der Waals surface area (Å²) < 4.78 is 15.8. The van der Waals surface area contributed by atoms with Gasteiger partial charge in [0.25, 0.3) is 11.8 Å². The molecule has 14 nitrogen and oxygen atoms in total. The van der Waals surface area contributed by atoms with Crippen LogP contribution in [-0.4, -0.2) is 91.2 Å². The van der Waals surface area contributed by atoms with E-state index in [0.717, 1.165) is 85.2 Å². The van der Waals surface area contributed by atoms with Gasteiger partial charge in [-0.05, 0) is 97.5 Å². The van der Waals surface area contributed by atoms with Gasteiger partial charge in [-0.15, -0.1) is 0 Å². The highest BCUT2D eigenvalue weighted by Gasteiger charge is 2.35. The molecule has 4 heterocycles. The summed E-state index contributed by atoms with van der Waals surface area (Å²) in [7, 11) is 0. The number of aliphatic hydroxyl groups excluding tert-OH is 2.